The molecule has 0 aliphatic carbocycles. The summed E-state index contributed by atoms with van der Waals surface area (Å²) in [5.74, 6) is -0.319. The first kappa shape index (κ1) is 18.6. The maximum Gasteiger partial charge on any atom is 0.416 e. The lowest BCUT2D eigenvalue weighted by Gasteiger charge is -2.09. The van der Waals surface area contributed by atoms with E-state index in [0.29, 0.717) is 5.82 Å². The lowest BCUT2D eigenvalue weighted by Crippen LogP contribution is -2.16. The van der Waals surface area contributed by atoms with E-state index >= 15 is 0 Å². The molecule has 0 spiro atoms. The Morgan fingerprint density at radius 2 is 1.89 bits per heavy atom. The van der Waals surface area contributed by atoms with Crippen LogP contribution < -0.4 is 0 Å². The number of alkyl halides is 3. The molecule has 0 bridgehead atoms. The minimum atomic E-state index is -4.45. The van der Waals surface area contributed by atoms with Crippen LogP contribution >= 0.6 is 0 Å². The first-order chi connectivity index (χ1) is 12.8. The molecule has 2 aromatic carbocycles. The zero-order valence-corrected chi connectivity index (χ0v) is 14.3. The monoisotopic (exact) mass is 376 g/mol. The van der Waals surface area contributed by atoms with Crippen LogP contribution in [0.5, 0.6) is 0 Å². The number of carbonyl (C=O) groups excluding carboxylic acids is 1. The van der Waals surface area contributed by atoms with Crippen molar-refractivity contribution in [1.29, 1.82) is 0 Å². The molecule has 0 fully saturated rings. The number of hydrogen-bond acceptors (Lipinski definition) is 5. The first-order valence-electron chi connectivity index (χ1n) is 7.98. The Bertz CT molecular complexity index is 936. The van der Waals surface area contributed by atoms with E-state index in [2.05, 4.69) is 15.4 Å². The van der Waals surface area contributed by atoms with Crippen LogP contribution in [-0.2, 0) is 28.9 Å². The second kappa shape index (κ2) is 7.56. The summed E-state index contributed by atoms with van der Waals surface area (Å²) in [5.41, 5.74) is 1.29. The summed E-state index contributed by atoms with van der Waals surface area (Å²) in [4.78, 5) is 13.0. The van der Waals surface area contributed by atoms with Crippen molar-refractivity contribution in [1.82, 2.24) is 20.2 Å². The number of halogens is 3. The number of tetrazole rings is 1. The number of hydrogen-bond donors (Lipinski definition) is 0. The fraction of sp³-hybridized carbons (Fsp3) is 0.222. The Hall–Kier alpha value is -3.23. The molecule has 0 unspecified atom stereocenters. The molecule has 1 heterocycles. The molecule has 0 aliphatic heterocycles. The number of aromatic nitrogens is 4. The average molecular weight is 376 g/mol. The van der Waals surface area contributed by atoms with Gasteiger partial charge in [0.1, 0.15) is 6.61 Å². The van der Waals surface area contributed by atoms with Gasteiger partial charge in [-0.25, -0.2) is 4.79 Å². The maximum atomic E-state index is 12.7. The van der Waals surface area contributed by atoms with Gasteiger partial charge in [-0.15, -0.1) is 10.2 Å². The van der Waals surface area contributed by atoms with Crippen LogP contribution in [0.3, 0.4) is 0 Å². The molecule has 1 aromatic heterocycles. The summed E-state index contributed by atoms with van der Waals surface area (Å²) in [6.45, 7) is 1.38. The van der Waals surface area contributed by atoms with Crippen molar-refractivity contribution >= 4 is 5.97 Å². The maximum absolute atomic E-state index is 12.7. The number of aryl methyl sites for hydroxylation is 1. The van der Waals surface area contributed by atoms with E-state index < -0.39 is 17.7 Å². The highest BCUT2D eigenvalue weighted by atomic mass is 19.4. The van der Waals surface area contributed by atoms with Crippen molar-refractivity contribution in [2.45, 2.75) is 26.3 Å². The molecule has 6 nitrogen and oxygen atoms in total. The molecule has 140 valence electrons. The molecule has 0 aliphatic rings. The zero-order valence-electron chi connectivity index (χ0n) is 14.3. The smallest absolute Gasteiger partial charge is 0.416 e. The molecule has 0 amide bonds. The summed E-state index contributed by atoms with van der Waals surface area (Å²) in [6.07, 6.45) is -4.45. The highest BCUT2D eigenvalue weighted by Gasteiger charge is 2.30. The van der Waals surface area contributed by atoms with E-state index in [1.807, 2.05) is 31.2 Å². The van der Waals surface area contributed by atoms with Crippen molar-refractivity contribution in [3.8, 4) is 11.4 Å². The van der Waals surface area contributed by atoms with Crippen molar-refractivity contribution in [2.75, 3.05) is 0 Å². The van der Waals surface area contributed by atoms with Gasteiger partial charge in [0.05, 0.1) is 5.56 Å². The van der Waals surface area contributed by atoms with Gasteiger partial charge in [0.2, 0.25) is 5.82 Å². The third-order valence-corrected chi connectivity index (χ3v) is 3.69. The normalized spacial score (nSPS) is 11.4. The third kappa shape index (κ3) is 4.90. The van der Waals surface area contributed by atoms with E-state index in [1.54, 1.807) is 0 Å². The largest absolute Gasteiger partial charge is 0.459 e. The van der Waals surface area contributed by atoms with Crippen molar-refractivity contribution < 1.29 is 22.7 Å². The second-order valence-electron chi connectivity index (χ2n) is 5.87. The van der Waals surface area contributed by atoms with E-state index in [1.165, 1.54) is 12.1 Å². The van der Waals surface area contributed by atoms with Crippen LogP contribution in [0.2, 0.25) is 0 Å². The predicted molar refractivity (Wildman–Crippen MR) is 89.2 cm³/mol. The lowest BCUT2D eigenvalue weighted by atomic mass is 10.1. The Balaban J connectivity index is 1.58. The van der Waals surface area contributed by atoms with Crippen LogP contribution in [0.4, 0.5) is 13.2 Å². The molecule has 27 heavy (non-hydrogen) atoms. The van der Waals surface area contributed by atoms with Gasteiger partial charge in [0.15, 0.2) is 6.54 Å². The SMILES string of the molecule is Cc1ccc(-c2nnn(CC(=O)OCc3cccc(C(F)(F)F)c3)n2)cc1. The Labute approximate surface area is 152 Å². The number of benzene rings is 2. The highest BCUT2D eigenvalue weighted by molar-refractivity contribution is 5.69. The average Bonchev–Trinajstić information content (AvgIpc) is 3.08. The van der Waals surface area contributed by atoms with Crippen LogP contribution in [-0.4, -0.2) is 26.2 Å². The standard InChI is InChI=1S/C18H15F3N4O2/c1-12-5-7-14(8-6-12)17-22-24-25(23-17)10-16(26)27-11-13-3-2-4-15(9-13)18(19,20)21/h2-9H,10-11H2,1H3. The van der Waals surface area contributed by atoms with Gasteiger partial charge >= 0.3 is 12.1 Å². The first-order valence-corrected chi connectivity index (χ1v) is 7.98. The van der Waals surface area contributed by atoms with E-state index in [4.69, 9.17) is 4.74 Å². The van der Waals surface area contributed by atoms with Gasteiger partial charge in [0, 0.05) is 5.56 Å². The number of esters is 1. The lowest BCUT2D eigenvalue weighted by molar-refractivity contribution is -0.146. The minimum absolute atomic E-state index is 0.241. The fourth-order valence-corrected chi connectivity index (χ4v) is 2.29. The van der Waals surface area contributed by atoms with Crippen molar-refractivity contribution in [3.05, 3.63) is 65.2 Å². The van der Waals surface area contributed by atoms with Crippen LogP contribution in [0, 0.1) is 6.92 Å². The van der Waals surface area contributed by atoms with E-state index in [0.717, 1.165) is 28.1 Å². The second-order valence-corrected chi connectivity index (χ2v) is 5.87. The molecule has 0 saturated heterocycles. The van der Waals surface area contributed by atoms with Gasteiger partial charge in [-0.1, -0.05) is 42.0 Å². The molecular formula is C18H15F3N4O2. The summed E-state index contributed by atoms with van der Waals surface area (Å²) in [7, 11) is 0. The molecule has 0 radical (unpaired) electrons. The summed E-state index contributed by atoms with van der Waals surface area (Å²) >= 11 is 0. The third-order valence-electron chi connectivity index (χ3n) is 3.69. The molecule has 3 aromatic rings. The zero-order chi connectivity index (χ0) is 19.4. The highest BCUT2D eigenvalue weighted by Crippen LogP contribution is 2.29. The van der Waals surface area contributed by atoms with Gasteiger partial charge in [-0.3, -0.25) is 0 Å². The summed E-state index contributed by atoms with van der Waals surface area (Å²) in [5, 5.41) is 11.8. The van der Waals surface area contributed by atoms with Crippen LogP contribution in [0.25, 0.3) is 11.4 Å². The van der Waals surface area contributed by atoms with Gasteiger partial charge in [0.25, 0.3) is 0 Å². The Kier molecular flexibility index (Phi) is 5.20. The van der Waals surface area contributed by atoms with Crippen LogP contribution in [0.1, 0.15) is 16.7 Å². The molecule has 0 N–H and O–H groups in total. The number of rotatable bonds is 5. The van der Waals surface area contributed by atoms with Gasteiger partial charge in [-0.05, 0) is 29.8 Å². The number of carbonyl (C=O) groups is 1. The van der Waals surface area contributed by atoms with Gasteiger partial charge in [-0.2, -0.15) is 18.0 Å². The summed E-state index contributed by atoms with van der Waals surface area (Å²) < 4.78 is 43.0. The minimum Gasteiger partial charge on any atom is -0.459 e. The molecule has 3 rings (SSSR count). The van der Waals surface area contributed by atoms with Crippen LogP contribution in [0.15, 0.2) is 48.5 Å². The number of ether oxygens (including phenoxy) is 1. The Morgan fingerprint density at radius 1 is 1.15 bits per heavy atom. The molecule has 0 saturated carbocycles. The predicted octanol–water partition coefficient (Wildman–Crippen LogP) is 3.41. The van der Waals surface area contributed by atoms with Crippen molar-refractivity contribution in [2.24, 2.45) is 0 Å². The molecule has 0 atom stereocenters. The van der Waals surface area contributed by atoms with E-state index in [9.17, 15) is 18.0 Å². The molecular weight excluding hydrogens is 361 g/mol. The van der Waals surface area contributed by atoms with E-state index in [-0.39, 0.29) is 18.7 Å². The fourth-order valence-electron chi connectivity index (χ4n) is 2.29. The summed E-state index contributed by atoms with van der Waals surface area (Å²) in [6, 6.07) is 12.1. The topological polar surface area (TPSA) is 69.9 Å². The molecule has 9 heteroatoms. The number of nitrogens with zero attached hydrogens (tertiary/aromatic N) is 4. The van der Waals surface area contributed by atoms with Gasteiger partial charge < -0.3 is 4.74 Å². The quantitative estimate of drug-likeness (QED) is 0.639. The Morgan fingerprint density at radius 3 is 2.59 bits per heavy atom. The van der Waals surface area contributed by atoms with Crippen molar-refractivity contribution in [3.63, 3.8) is 0 Å².